The minimum atomic E-state index is 0.740. The molecule has 4 rings (SSSR count). The number of nitrogens with one attached hydrogen (secondary N) is 1. The molecule has 1 heterocycles. The monoisotopic (exact) mass is 325 g/mol. The van der Waals surface area contributed by atoms with E-state index in [-0.39, 0.29) is 0 Å². The summed E-state index contributed by atoms with van der Waals surface area (Å²) in [6.45, 7) is 0.753. The summed E-state index contributed by atoms with van der Waals surface area (Å²) >= 11 is 0. The first-order valence-electron chi connectivity index (χ1n) is 8.33. The topological polar surface area (TPSA) is 50.9 Å². The number of hydrogen-bond donors (Lipinski definition) is 2. The van der Waals surface area contributed by atoms with Crippen LogP contribution in [0.3, 0.4) is 0 Å². The lowest BCUT2D eigenvalue weighted by Crippen LogP contribution is -2.01. The molecule has 0 fully saturated rings. The second-order valence-corrected chi connectivity index (χ2v) is 6.04. The van der Waals surface area contributed by atoms with Gasteiger partial charge in [-0.25, -0.2) is 4.98 Å². The molecule has 3 aromatic carbocycles. The van der Waals surface area contributed by atoms with E-state index >= 15 is 0 Å². The standard InChI is InChI=1S/C22H19N3/c23-18-11-12-20-19(13-18)22(24-15-16-7-3-1-4-8-16)14-21(25-20)17-9-5-2-6-10-17/h1-14H,15,23H2,(H,24,25). The van der Waals surface area contributed by atoms with Crippen LogP contribution in [0.1, 0.15) is 5.56 Å². The van der Waals surface area contributed by atoms with Crippen LogP contribution in [0.4, 0.5) is 11.4 Å². The summed E-state index contributed by atoms with van der Waals surface area (Å²) in [5.74, 6) is 0. The van der Waals surface area contributed by atoms with E-state index in [1.165, 1.54) is 5.56 Å². The highest BCUT2D eigenvalue weighted by Gasteiger charge is 2.08. The van der Waals surface area contributed by atoms with Crippen molar-refractivity contribution in [3.8, 4) is 11.3 Å². The van der Waals surface area contributed by atoms with Crippen molar-refractivity contribution >= 4 is 22.3 Å². The third-order valence-electron chi connectivity index (χ3n) is 4.23. The van der Waals surface area contributed by atoms with Crippen LogP contribution in [0.15, 0.2) is 84.9 Å². The smallest absolute Gasteiger partial charge is 0.0731 e. The lowest BCUT2D eigenvalue weighted by atomic mass is 10.1. The third kappa shape index (κ3) is 3.31. The van der Waals surface area contributed by atoms with Gasteiger partial charge in [0.15, 0.2) is 0 Å². The molecule has 0 bridgehead atoms. The molecule has 1 aromatic heterocycles. The van der Waals surface area contributed by atoms with Crippen LogP contribution >= 0.6 is 0 Å². The van der Waals surface area contributed by atoms with Crippen LogP contribution < -0.4 is 11.1 Å². The SMILES string of the molecule is Nc1ccc2nc(-c3ccccc3)cc(NCc3ccccc3)c2c1. The van der Waals surface area contributed by atoms with Crippen molar-refractivity contribution in [1.82, 2.24) is 4.98 Å². The predicted octanol–water partition coefficient (Wildman–Crippen LogP) is 5.10. The maximum Gasteiger partial charge on any atom is 0.0731 e. The highest BCUT2D eigenvalue weighted by molar-refractivity contribution is 5.95. The van der Waals surface area contributed by atoms with Crippen LogP contribution in [0.5, 0.6) is 0 Å². The number of nitrogens with zero attached hydrogens (tertiary/aromatic N) is 1. The van der Waals surface area contributed by atoms with Crippen molar-refractivity contribution in [2.45, 2.75) is 6.54 Å². The Balaban J connectivity index is 1.78. The zero-order valence-corrected chi connectivity index (χ0v) is 13.8. The summed E-state index contributed by atoms with van der Waals surface area (Å²) in [7, 11) is 0. The zero-order valence-electron chi connectivity index (χ0n) is 13.8. The number of nitrogen functional groups attached to an aromatic ring is 1. The van der Waals surface area contributed by atoms with Crippen molar-refractivity contribution < 1.29 is 0 Å². The van der Waals surface area contributed by atoms with Crippen LogP contribution in [0.2, 0.25) is 0 Å². The van der Waals surface area contributed by atoms with E-state index in [4.69, 9.17) is 10.7 Å². The molecule has 0 aliphatic heterocycles. The van der Waals surface area contributed by atoms with Gasteiger partial charge in [0.25, 0.3) is 0 Å². The second-order valence-electron chi connectivity index (χ2n) is 6.04. The van der Waals surface area contributed by atoms with Crippen molar-refractivity contribution in [1.29, 1.82) is 0 Å². The Labute approximate surface area is 147 Å². The first-order valence-corrected chi connectivity index (χ1v) is 8.33. The summed E-state index contributed by atoms with van der Waals surface area (Å²) in [5, 5.41) is 4.58. The molecule has 0 saturated carbocycles. The number of nitrogens with two attached hydrogens (primary N) is 1. The second kappa shape index (κ2) is 6.65. The van der Waals surface area contributed by atoms with Gasteiger partial charge in [0.2, 0.25) is 0 Å². The fourth-order valence-electron chi connectivity index (χ4n) is 2.94. The zero-order chi connectivity index (χ0) is 17.1. The third-order valence-corrected chi connectivity index (χ3v) is 4.23. The van der Waals surface area contributed by atoms with Gasteiger partial charge in [-0.05, 0) is 29.8 Å². The lowest BCUT2D eigenvalue weighted by molar-refractivity contribution is 1.15. The molecule has 0 aliphatic rings. The Hall–Kier alpha value is -3.33. The van der Waals surface area contributed by atoms with Gasteiger partial charge < -0.3 is 11.1 Å². The van der Waals surface area contributed by atoms with E-state index in [1.807, 2.05) is 42.5 Å². The largest absolute Gasteiger partial charge is 0.399 e. The van der Waals surface area contributed by atoms with E-state index in [9.17, 15) is 0 Å². The number of anilines is 2. The van der Waals surface area contributed by atoms with Crippen molar-refractivity contribution in [3.05, 3.63) is 90.5 Å². The molecule has 0 saturated heterocycles. The summed E-state index contributed by atoms with van der Waals surface area (Å²) in [6, 6.07) is 28.5. The van der Waals surface area contributed by atoms with Gasteiger partial charge in [-0.1, -0.05) is 60.7 Å². The molecule has 0 atom stereocenters. The minimum Gasteiger partial charge on any atom is -0.399 e. The van der Waals surface area contributed by atoms with Gasteiger partial charge in [-0.3, -0.25) is 0 Å². The Morgan fingerprint density at radius 2 is 1.52 bits per heavy atom. The maximum atomic E-state index is 5.99. The van der Waals surface area contributed by atoms with Crippen LogP contribution in [0, 0.1) is 0 Å². The fraction of sp³-hybridized carbons (Fsp3) is 0.0455. The molecular weight excluding hydrogens is 306 g/mol. The number of fused-ring (bicyclic) bond motifs is 1. The normalized spacial score (nSPS) is 10.7. The molecule has 0 spiro atoms. The summed E-state index contributed by atoms with van der Waals surface area (Å²) in [4.78, 5) is 4.81. The summed E-state index contributed by atoms with van der Waals surface area (Å²) in [5.41, 5.74) is 12.0. The molecule has 0 amide bonds. The number of pyridine rings is 1. The molecule has 3 heteroatoms. The molecule has 3 N–H and O–H groups in total. The number of benzene rings is 3. The fourth-order valence-corrected chi connectivity index (χ4v) is 2.94. The van der Waals surface area contributed by atoms with Gasteiger partial charge in [0, 0.05) is 28.9 Å². The Morgan fingerprint density at radius 1 is 0.800 bits per heavy atom. The van der Waals surface area contributed by atoms with Gasteiger partial charge in [0.1, 0.15) is 0 Å². The Morgan fingerprint density at radius 3 is 2.28 bits per heavy atom. The molecule has 3 nitrogen and oxygen atoms in total. The highest BCUT2D eigenvalue weighted by Crippen LogP contribution is 2.30. The average molecular weight is 325 g/mol. The molecule has 0 unspecified atom stereocenters. The average Bonchev–Trinajstić information content (AvgIpc) is 2.67. The first kappa shape index (κ1) is 15.2. The lowest BCUT2D eigenvalue weighted by Gasteiger charge is -2.13. The molecule has 25 heavy (non-hydrogen) atoms. The van der Waals surface area contributed by atoms with Crippen LogP contribution in [-0.2, 0) is 6.54 Å². The Kier molecular flexibility index (Phi) is 4.05. The first-order chi connectivity index (χ1) is 12.3. The van der Waals surface area contributed by atoms with Crippen molar-refractivity contribution in [3.63, 3.8) is 0 Å². The number of rotatable bonds is 4. The van der Waals surface area contributed by atoms with Crippen molar-refractivity contribution in [2.75, 3.05) is 11.1 Å². The van der Waals surface area contributed by atoms with E-state index in [0.717, 1.165) is 40.1 Å². The van der Waals surface area contributed by atoms with E-state index in [2.05, 4.69) is 47.8 Å². The van der Waals surface area contributed by atoms with E-state index < -0.39 is 0 Å². The predicted molar refractivity (Wildman–Crippen MR) is 105 cm³/mol. The van der Waals surface area contributed by atoms with Crippen LogP contribution in [-0.4, -0.2) is 4.98 Å². The van der Waals surface area contributed by atoms with Gasteiger partial charge >= 0.3 is 0 Å². The van der Waals surface area contributed by atoms with Gasteiger partial charge in [-0.2, -0.15) is 0 Å². The molecular formula is C22H19N3. The van der Waals surface area contributed by atoms with E-state index in [1.54, 1.807) is 0 Å². The van der Waals surface area contributed by atoms with E-state index in [0.29, 0.717) is 0 Å². The molecule has 4 aromatic rings. The van der Waals surface area contributed by atoms with Crippen LogP contribution in [0.25, 0.3) is 22.2 Å². The molecule has 0 aliphatic carbocycles. The maximum absolute atomic E-state index is 5.99. The quantitative estimate of drug-likeness (QED) is 0.513. The number of aromatic nitrogens is 1. The Bertz CT molecular complexity index is 996. The van der Waals surface area contributed by atoms with Crippen molar-refractivity contribution in [2.24, 2.45) is 0 Å². The summed E-state index contributed by atoms with van der Waals surface area (Å²) < 4.78 is 0. The summed E-state index contributed by atoms with van der Waals surface area (Å²) in [6.07, 6.45) is 0. The van der Waals surface area contributed by atoms with Gasteiger partial charge in [-0.15, -0.1) is 0 Å². The molecule has 0 radical (unpaired) electrons. The van der Waals surface area contributed by atoms with Gasteiger partial charge in [0.05, 0.1) is 11.2 Å². The number of hydrogen-bond acceptors (Lipinski definition) is 3. The molecule has 122 valence electrons. The minimum absolute atomic E-state index is 0.740. The highest BCUT2D eigenvalue weighted by atomic mass is 14.9.